The van der Waals surface area contributed by atoms with Crippen molar-refractivity contribution < 1.29 is 24.2 Å². The van der Waals surface area contributed by atoms with Crippen molar-refractivity contribution >= 4 is 17.8 Å². The molecule has 1 rings (SSSR count). The summed E-state index contributed by atoms with van der Waals surface area (Å²) < 4.78 is 4.99. The lowest BCUT2D eigenvalue weighted by Crippen LogP contribution is -2.45. The number of carbonyl (C=O) groups is 3. The van der Waals surface area contributed by atoms with Gasteiger partial charge in [0.1, 0.15) is 17.4 Å². The minimum Gasteiger partial charge on any atom is -0.480 e. The molecule has 0 radical (unpaired) electrons. The zero-order valence-electron chi connectivity index (χ0n) is 10.9. The van der Waals surface area contributed by atoms with E-state index in [1.54, 1.807) is 20.8 Å². The number of Topliss-reactive ketones (excluding diaryl/α,β-unsaturated/α-hetero) is 1. The van der Waals surface area contributed by atoms with Gasteiger partial charge < -0.3 is 15.2 Å². The molecular formula is C12H19NO5. The molecule has 1 fully saturated rings. The quantitative estimate of drug-likeness (QED) is 0.792. The highest BCUT2D eigenvalue weighted by Crippen LogP contribution is 2.27. The molecule has 0 aliphatic heterocycles. The molecule has 0 bridgehead atoms. The van der Waals surface area contributed by atoms with Crippen LogP contribution in [0.25, 0.3) is 0 Å². The molecule has 1 unspecified atom stereocenters. The zero-order chi connectivity index (χ0) is 13.9. The van der Waals surface area contributed by atoms with E-state index < -0.39 is 23.7 Å². The first-order valence-corrected chi connectivity index (χ1v) is 5.91. The van der Waals surface area contributed by atoms with Crippen molar-refractivity contribution in [2.75, 3.05) is 0 Å². The number of nitrogens with one attached hydrogen (secondary N) is 1. The lowest BCUT2D eigenvalue weighted by atomic mass is 9.79. The highest BCUT2D eigenvalue weighted by molar-refractivity contribution is 5.85. The van der Waals surface area contributed by atoms with Crippen LogP contribution in [0, 0.1) is 5.92 Å². The van der Waals surface area contributed by atoms with E-state index in [1.807, 2.05) is 0 Å². The van der Waals surface area contributed by atoms with Crippen molar-refractivity contribution in [3.63, 3.8) is 0 Å². The Bertz CT molecular complexity index is 350. The topological polar surface area (TPSA) is 92.7 Å². The van der Waals surface area contributed by atoms with E-state index in [0.29, 0.717) is 12.8 Å². The van der Waals surface area contributed by atoms with E-state index in [4.69, 9.17) is 9.84 Å². The largest absolute Gasteiger partial charge is 0.480 e. The van der Waals surface area contributed by atoms with Gasteiger partial charge in [0.15, 0.2) is 0 Å². The molecule has 102 valence electrons. The lowest BCUT2D eigenvalue weighted by Gasteiger charge is -2.28. The van der Waals surface area contributed by atoms with Crippen molar-refractivity contribution in [3.05, 3.63) is 0 Å². The highest BCUT2D eigenvalue weighted by atomic mass is 16.6. The van der Waals surface area contributed by atoms with E-state index in [2.05, 4.69) is 5.32 Å². The monoisotopic (exact) mass is 257 g/mol. The van der Waals surface area contributed by atoms with Gasteiger partial charge in [0, 0.05) is 12.8 Å². The number of rotatable bonds is 4. The SMILES string of the molecule is CC(C)(C)OC(=O)NC(CC1CC(=O)C1)C(=O)O. The van der Waals surface area contributed by atoms with Crippen LogP contribution < -0.4 is 5.32 Å². The molecule has 1 atom stereocenters. The molecule has 6 nitrogen and oxygen atoms in total. The zero-order valence-corrected chi connectivity index (χ0v) is 10.9. The number of ketones is 1. The number of hydrogen-bond donors (Lipinski definition) is 2. The Labute approximate surface area is 106 Å². The molecule has 18 heavy (non-hydrogen) atoms. The van der Waals surface area contributed by atoms with Gasteiger partial charge in [0.2, 0.25) is 0 Å². The third-order valence-corrected chi connectivity index (χ3v) is 2.59. The van der Waals surface area contributed by atoms with E-state index in [-0.39, 0.29) is 18.1 Å². The van der Waals surface area contributed by atoms with Crippen molar-refractivity contribution in [3.8, 4) is 0 Å². The van der Waals surface area contributed by atoms with E-state index in [0.717, 1.165) is 0 Å². The molecule has 1 saturated carbocycles. The van der Waals surface area contributed by atoms with Crippen molar-refractivity contribution in [1.82, 2.24) is 5.32 Å². The Morgan fingerprint density at radius 1 is 1.44 bits per heavy atom. The Morgan fingerprint density at radius 2 is 2.00 bits per heavy atom. The van der Waals surface area contributed by atoms with Gasteiger partial charge in [-0.05, 0) is 33.1 Å². The van der Waals surface area contributed by atoms with Gasteiger partial charge in [-0.2, -0.15) is 0 Å². The van der Waals surface area contributed by atoms with Crippen LogP contribution in [0.15, 0.2) is 0 Å². The van der Waals surface area contributed by atoms with Crippen LogP contribution in [0.5, 0.6) is 0 Å². The molecule has 6 heteroatoms. The summed E-state index contributed by atoms with van der Waals surface area (Å²) in [5.74, 6) is -0.921. The Hall–Kier alpha value is -1.59. The second kappa shape index (κ2) is 5.37. The van der Waals surface area contributed by atoms with Crippen LogP contribution in [0.1, 0.15) is 40.0 Å². The maximum absolute atomic E-state index is 11.5. The third-order valence-electron chi connectivity index (χ3n) is 2.59. The summed E-state index contributed by atoms with van der Waals surface area (Å²) in [6.45, 7) is 5.10. The van der Waals surface area contributed by atoms with Gasteiger partial charge in [0.05, 0.1) is 0 Å². The summed E-state index contributed by atoms with van der Waals surface area (Å²) in [4.78, 5) is 33.3. The fraction of sp³-hybridized carbons (Fsp3) is 0.750. The summed E-state index contributed by atoms with van der Waals surface area (Å²) in [7, 11) is 0. The van der Waals surface area contributed by atoms with Crippen molar-refractivity contribution in [2.24, 2.45) is 5.92 Å². The number of alkyl carbamates (subject to hydrolysis) is 1. The second-order valence-corrected chi connectivity index (χ2v) is 5.59. The van der Waals surface area contributed by atoms with Crippen molar-refractivity contribution in [2.45, 2.75) is 51.7 Å². The summed E-state index contributed by atoms with van der Waals surface area (Å²) in [5.41, 5.74) is -0.667. The van der Waals surface area contributed by atoms with Gasteiger partial charge in [-0.15, -0.1) is 0 Å². The lowest BCUT2D eigenvalue weighted by molar-refractivity contribution is -0.141. The standard InChI is InChI=1S/C12H19NO5/c1-12(2,3)18-11(17)13-9(10(15)16)6-7-4-8(14)5-7/h7,9H,4-6H2,1-3H3,(H,13,17)(H,15,16). The second-order valence-electron chi connectivity index (χ2n) is 5.59. The number of carboxylic acids is 1. The first-order valence-electron chi connectivity index (χ1n) is 5.91. The van der Waals surface area contributed by atoms with Gasteiger partial charge in [-0.25, -0.2) is 9.59 Å². The summed E-state index contributed by atoms with van der Waals surface area (Å²) in [6.07, 6.45) is 0.320. The molecule has 1 aliphatic rings. The maximum atomic E-state index is 11.5. The molecule has 0 aromatic rings. The van der Waals surface area contributed by atoms with Gasteiger partial charge in [-0.1, -0.05) is 0 Å². The molecule has 1 amide bonds. The summed E-state index contributed by atoms with van der Waals surface area (Å²) in [5, 5.41) is 11.3. The maximum Gasteiger partial charge on any atom is 0.408 e. The minimum atomic E-state index is -1.11. The van der Waals surface area contributed by atoms with Gasteiger partial charge in [-0.3, -0.25) is 4.79 Å². The molecule has 0 aromatic carbocycles. The predicted octanol–water partition coefficient (Wildman–Crippen LogP) is 1.33. The summed E-state index contributed by atoms with van der Waals surface area (Å²) >= 11 is 0. The number of carbonyl (C=O) groups excluding carboxylic acids is 2. The normalized spacial score (nSPS) is 17.8. The predicted molar refractivity (Wildman–Crippen MR) is 63.1 cm³/mol. The van der Waals surface area contributed by atoms with Crippen molar-refractivity contribution in [1.29, 1.82) is 0 Å². The first kappa shape index (κ1) is 14.5. The molecule has 0 saturated heterocycles. The molecular weight excluding hydrogens is 238 g/mol. The van der Waals surface area contributed by atoms with Gasteiger partial charge in [0.25, 0.3) is 0 Å². The summed E-state index contributed by atoms with van der Waals surface area (Å²) in [6, 6.07) is -1.00. The Morgan fingerprint density at radius 3 is 2.39 bits per heavy atom. The Balaban J connectivity index is 2.45. The molecule has 2 N–H and O–H groups in total. The van der Waals surface area contributed by atoms with Crippen LogP contribution in [0.3, 0.4) is 0 Å². The molecule has 0 aromatic heterocycles. The van der Waals surface area contributed by atoms with Crippen LogP contribution >= 0.6 is 0 Å². The number of hydrogen-bond acceptors (Lipinski definition) is 4. The Kier molecular flexibility index (Phi) is 4.32. The first-order chi connectivity index (χ1) is 8.17. The van der Waals surface area contributed by atoms with Gasteiger partial charge >= 0.3 is 12.1 Å². The van der Waals surface area contributed by atoms with E-state index in [9.17, 15) is 14.4 Å². The van der Waals surface area contributed by atoms with E-state index in [1.165, 1.54) is 0 Å². The van der Waals surface area contributed by atoms with Crippen LogP contribution in [0.2, 0.25) is 0 Å². The molecule has 0 heterocycles. The number of carboxylic acid groups (broad SMARTS) is 1. The van der Waals surface area contributed by atoms with Crippen LogP contribution in [-0.2, 0) is 14.3 Å². The fourth-order valence-electron chi connectivity index (χ4n) is 1.76. The molecule has 1 aliphatic carbocycles. The number of amides is 1. The number of ether oxygens (including phenoxy) is 1. The minimum absolute atomic E-state index is 0.0496. The van der Waals surface area contributed by atoms with E-state index >= 15 is 0 Å². The third kappa shape index (κ3) is 4.73. The molecule has 0 spiro atoms. The fourth-order valence-corrected chi connectivity index (χ4v) is 1.76. The average molecular weight is 257 g/mol. The highest BCUT2D eigenvalue weighted by Gasteiger charge is 2.33. The average Bonchev–Trinajstić information content (AvgIpc) is 2.10. The number of aliphatic carboxylic acids is 1. The van der Waals surface area contributed by atoms with Crippen LogP contribution in [-0.4, -0.2) is 34.6 Å². The van der Waals surface area contributed by atoms with Crippen LogP contribution in [0.4, 0.5) is 4.79 Å². The smallest absolute Gasteiger partial charge is 0.408 e.